The number of aromatic nitrogens is 1. The molecule has 1 N–H and O–H groups in total. The summed E-state index contributed by atoms with van der Waals surface area (Å²) in [6.45, 7) is 2.33. The molecule has 3 heteroatoms. The molecule has 1 aromatic heterocycles. The van der Waals surface area contributed by atoms with Gasteiger partial charge >= 0.3 is 0 Å². The number of nitrogens with zero attached hydrogens (tertiary/aromatic N) is 1. The van der Waals surface area contributed by atoms with Crippen LogP contribution in [0, 0.1) is 6.92 Å². The van der Waals surface area contributed by atoms with Gasteiger partial charge in [0.15, 0.2) is 0 Å². The molecule has 0 aromatic carbocycles. The van der Waals surface area contributed by atoms with E-state index in [1.165, 1.54) is 0 Å². The third-order valence-electron chi connectivity index (χ3n) is 2.93. The highest BCUT2D eigenvalue weighted by molar-refractivity contribution is 5.19. The summed E-state index contributed by atoms with van der Waals surface area (Å²) in [6, 6.07) is 3.80. The summed E-state index contributed by atoms with van der Waals surface area (Å²) in [5.41, 5.74) is 0.368. The molecule has 0 spiro atoms. The van der Waals surface area contributed by atoms with Gasteiger partial charge in [0.25, 0.3) is 0 Å². The van der Waals surface area contributed by atoms with Crippen molar-refractivity contribution in [2.75, 3.05) is 6.61 Å². The molecule has 82 valence electrons. The Bertz CT molecular complexity index is 315. The van der Waals surface area contributed by atoms with E-state index in [1.807, 2.05) is 19.1 Å². The molecule has 0 radical (unpaired) electrons. The van der Waals surface area contributed by atoms with Crippen LogP contribution in [0.15, 0.2) is 18.3 Å². The number of pyridine rings is 1. The van der Waals surface area contributed by atoms with E-state index < -0.39 is 5.60 Å². The molecular formula is C12H17NO2. The fourth-order valence-electron chi connectivity index (χ4n) is 1.93. The zero-order chi connectivity index (χ0) is 10.7. The van der Waals surface area contributed by atoms with Crippen LogP contribution in [0.4, 0.5) is 0 Å². The Labute approximate surface area is 90.1 Å². The van der Waals surface area contributed by atoms with Crippen LogP contribution in [0.1, 0.15) is 31.4 Å². The Morgan fingerprint density at radius 3 is 2.73 bits per heavy atom. The topological polar surface area (TPSA) is 42.4 Å². The minimum absolute atomic E-state index is 0.387. The van der Waals surface area contributed by atoms with Gasteiger partial charge in [0.1, 0.15) is 12.4 Å². The minimum atomic E-state index is -0.606. The number of hydrogen-bond donors (Lipinski definition) is 1. The van der Waals surface area contributed by atoms with Crippen LogP contribution in [0.3, 0.4) is 0 Å². The lowest BCUT2D eigenvalue weighted by atomic mass is 10.0. The second-order valence-corrected chi connectivity index (χ2v) is 4.36. The second kappa shape index (κ2) is 4.19. The Kier molecular flexibility index (Phi) is 2.91. The van der Waals surface area contributed by atoms with Crippen molar-refractivity contribution in [3.63, 3.8) is 0 Å². The predicted octanol–water partition coefficient (Wildman–Crippen LogP) is 2.07. The van der Waals surface area contributed by atoms with Gasteiger partial charge in [-0.3, -0.25) is 4.98 Å². The van der Waals surface area contributed by atoms with Gasteiger partial charge in [0, 0.05) is 5.69 Å². The average Bonchev–Trinajstić information content (AvgIpc) is 2.65. The number of hydrogen-bond acceptors (Lipinski definition) is 3. The van der Waals surface area contributed by atoms with Crippen molar-refractivity contribution in [2.24, 2.45) is 0 Å². The van der Waals surface area contributed by atoms with E-state index in [9.17, 15) is 5.11 Å². The van der Waals surface area contributed by atoms with Crippen LogP contribution in [-0.4, -0.2) is 22.3 Å². The first kappa shape index (κ1) is 10.4. The smallest absolute Gasteiger partial charge is 0.137 e. The fourth-order valence-corrected chi connectivity index (χ4v) is 1.93. The van der Waals surface area contributed by atoms with Gasteiger partial charge in [-0.1, -0.05) is 12.8 Å². The van der Waals surface area contributed by atoms with Gasteiger partial charge in [-0.15, -0.1) is 0 Å². The first-order valence-corrected chi connectivity index (χ1v) is 5.46. The monoisotopic (exact) mass is 207 g/mol. The molecule has 1 saturated carbocycles. The lowest BCUT2D eigenvalue weighted by Gasteiger charge is -2.21. The van der Waals surface area contributed by atoms with Crippen molar-refractivity contribution in [3.8, 4) is 5.75 Å². The molecule has 0 atom stereocenters. The molecule has 0 unspecified atom stereocenters. The Hall–Kier alpha value is -1.09. The van der Waals surface area contributed by atoms with Crippen LogP contribution in [0.5, 0.6) is 5.75 Å². The highest BCUT2D eigenvalue weighted by atomic mass is 16.5. The van der Waals surface area contributed by atoms with Gasteiger partial charge in [-0.05, 0) is 31.9 Å². The van der Waals surface area contributed by atoms with Crippen molar-refractivity contribution in [1.82, 2.24) is 4.98 Å². The van der Waals surface area contributed by atoms with Crippen molar-refractivity contribution in [3.05, 3.63) is 24.0 Å². The molecule has 1 fully saturated rings. The predicted molar refractivity (Wildman–Crippen MR) is 57.9 cm³/mol. The van der Waals surface area contributed by atoms with Gasteiger partial charge in [0.05, 0.1) is 11.8 Å². The number of aryl methyl sites for hydroxylation is 1. The Balaban J connectivity index is 1.90. The SMILES string of the molecule is Cc1ccc(OCC2(O)CCCC2)cn1. The molecular weight excluding hydrogens is 190 g/mol. The molecule has 0 aliphatic heterocycles. The van der Waals surface area contributed by atoms with E-state index in [4.69, 9.17) is 4.74 Å². The molecule has 2 rings (SSSR count). The first-order chi connectivity index (χ1) is 7.18. The number of aliphatic hydroxyl groups is 1. The van der Waals surface area contributed by atoms with Gasteiger partial charge in [0.2, 0.25) is 0 Å². The summed E-state index contributed by atoms with van der Waals surface area (Å²) >= 11 is 0. The summed E-state index contributed by atoms with van der Waals surface area (Å²) in [6.07, 6.45) is 5.62. The molecule has 1 heterocycles. The number of rotatable bonds is 3. The van der Waals surface area contributed by atoms with Crippen LogP contribution < -0.4 is 4.74 Å². The fraction of sp³-hybridized carbons (Fsp3) is 0.583. The summed E-state index contributed by atoms with van der Waals surface area (Å²) in [4.78, 5) is 4.14. The van der Waals surface area contributed by atoms with Crippen LogP contribution in [-0.2, 0) is 0 Å². The zero-order valence-electron chi connectivity index (χ0n) is 9.07. The quantitative estimate of drug-likeness (QED) is 0.825. The standard InChI is InChI=1S/C12H17NO2/c1-10-4-5-11(8-13-10)15-9-12(14)6-2-3-7-12/h4-5,8,14H,2-3,6-7,9H2,1H3. The van der Waals surface area contributed by atoms with E-state index in [1.54, 1.807) is 6.20 Å². The maximum Gasteiger partial charge on any atom is 0.137 e. The lowest BCUT2D eigenvalue weighted by molar-refractivity contribution is 0.00130. The van der Waals surface area contributed by atoms with Crippen LogP contribution in [0.2, 0.25) is 0 Å². The normalized spacial score (nSPS) is 19.1. The molecule has 0 amide bonds. The number of ether oxygens (including phenoxy) is 1. The molecule has 1 aromatic rings. The second-order valence-electron chi connectivity index (χ2n) is 4.36. The third kappa shape index (κ3) is 2.69. The van der Waals surface area contributed by atoms with Gasteiger partial charge < -0.3 is 9.84 Å². The Morgan fingerprint density at radius 1 is 1.40 bits per heavy atom. The van der Waals surface area contributed by atoms with E-state index in [0.717, 1.165) is 37.1 Å². The average molecular weight is 207 g/mol. The minimum Gasteiger partial charge on any atom is -0.489 e. The van der Waals surface area contributed by atoms with Crippen LogP contribution in [0.25, 0.3) is 0 Å². The van der Waals surface area contributed by atoms with Crippen LogP contribution >= 0.6 is 0 Å². The largest absolute Gasteiger partial charge is 0.489 e. The van der Waals surface area contributed by atoms with E-state index in [0.29, 0.717) is 6.61 Å². The third-order valence-corrected chi connectivity index (χ3v) is 2.93. The summed E-state index contributed by atoms with van der Waals surface area (Å²) < 4.78 is 5.54. The molecule has 1 aliphatic carbocycles. The summed E-state index contributed by atoms with van der Waals surface area (Å²) in [5.74, 6) is 0.737. The first-order valence-electron chi connectivity index (χ1n) is 5.46. The van der Waals surface area contributed by atoms with Crippen molar-refractivity contribution in [1.29, 1.82) is 0 Å². The highest BCUT2D eigenvalue weighted by Crippen LogP contribution is 2.29. The maximum absolute atomic E-state index is 10.1. The van der Waals surface area contributed by atoms with Gasteiger partial charge in [-0.2, -0.15) is 0 Å². The molecule has 0 saturated heterocycles. The molecule has 1 aliphatic rings. The molecule has 0 bridgehead atoms. The maximum atomic E-state index is 10.1. The summed E-state index contributed by atoms with van der Waals surface area (Å²) in [7, 11) is 0. The Morgan fingerprint density at radius 2 is 2.13 bits per heavy atom. The van der Waals surface area contributed by atoms with Crippen molar-refractivity contribution in [2.45, 2.75) is 38.2 Å². The van der Waals surface area contributed by atoms with E-state index in [-0.39, 0.29) is 0 Å². The molecule has 3 nitrogen and oxygen atoms in total. The van der Waals surface area contributed by atoms with E-state index >= 15 is 0 Å². The summed E-state index contributed by atoms with van der Waals surface area (Å²) in [5, 5.41) is 10.1. The highest BCUT2D eigenvalue weighted by Gasteiger charge is 2.31. The zero-order valence-corrected chi connectivity index (χ0v) is 9.07. The lowest BCUT2D eigenvalue weighted by Crippen LogP contribution is -2.32. The van der Waals surface area contributed by atoms with Crippen molar-refractivity contribution < 1.29 is 9.84 Å². The van der Waals surface area contributed by atoms with Gasteiger partial charge in [-0.25, -0.2) is 0 Å². The van der Waals surface area contributed by atoms with E-state index in [2.05, 4.69) is 4.98 Å². The van der Waals surface area contributed by atoms with Crippen molar-refractivity contribution >= 4 is 0 Å². The molecule has 15 heavy (non-hydrogen) atoms.